The van der Waals surface area contributed by atoms with Gasteiger partial charge in [0.2, 0.25) is 0 Å². The summed E-state index contributed by atoms with van der Waals surface area (Å²) in [4.78, 5) is 17.3. The van der Waals surface area contributed by atoms with Crippen LogP contribution in [0.25, 0.3) is 10.9 Å². The molecule has 0 aliphatic carbocycles. The number of nitrogens with one attached hydrogen (secondary N) is 1. The fourth-order valence-electron chi connectivity index (χ4n) is 2.44. The Morgan fingerprint density at radius 3 is 2.71 bits per heavy atom. The molecule has 0 unspecified atom stereocenters. The largest absolute Gasteiger partial charge is 0.464 e. The molecule has 0 bridgehead atoms. The zero-order valence-electron chi connectivity index (χ0n) is 12.4. The van der Waals surface area contributed by atoms with E-state index in [0.717, 1.165) is 22.4 Å². The third-order valence-electron chi connectivity index (χ3n) is 3.54. The maximum atomic E-state index is 12.5. The molecule has 4 heteroatoms. The first-order valence-corrected chi connectivity index (χ1v) is 6.93. The third-order valence-corrected chi connectivity index (χ3v) is 3.54. The van der Waals surface area contributed by atoms with Crippen molar-refractivity contribution in [3.05, 3.63) is 59.2 Å². The second-order valence-electron chi connectivity index (χ2n) is 5.45. The SMILES string of the molecule is Cc1ccc2cc(C(=O)N(C)Cc3ccc(C)o3)[nH]c2c1. The van der Waals surface area contributed by atoms with E-state index in [0.29, 0.717) is 12.2 Å². The summed E-state index contributed by atoms with van der Waals surface area (Å²) in [5, 5.41) is 1.05. The first-order chi connectivity index (χ1) is 10.0. The predicted molar refractivity (Wildman–Crippen MR) is 82.3 cm³/mol. The van der Waals surface area contributed by atoms with Crippen molar-refractivity contribution in [1.29, 1.82) is 0 Å². The van der Waals surface area contributed by atoms with Crippen molar-refractivity contribution in [2.24, 2.45) is 0 Å². The molecule has 0 aliphatic heterocycles. The van der Waals surface area contributed by atoms with E-state index in [1.54, 1.807) is 11.9 Å². The van der Waals surface area contributed by atoms with Gasteiger partial charge in [-0.3, -0.25) is 4.79 Å². The zero-order chi connectivity index (χ0) is 15.0. The fraction of sp³-hybridized carbons (Fsp3) is 0.235. The van der Waals surface area contributed by atoms with Gasteiger partial charge in [0.25, 0.3) is 5.91 Å². The summed E-state index contributed by atoms with van der Waals surface area (Å²) in [6.07, 6.45) is 0. The Balaban J connectivity index is 1.82. The van der Waals surface area contributed by atoms with Gasteiger partial charge in [-0.15, -0.1) is 0 Å². The number of hydrogen-bond acceptors (Lipinski definition) is 2. The van der Waals surface area contributed by atoms with E-state index in [9.17, 15) is 4.79 Å². The molecule has 4 nitrogen and oxygen atoms in total. The van der Waals surface area contributed by atoms with Crippen LogP contribution in [0.5, 0.6) is 0 Å². The van der Waals surface area contributed by atoms with Crippen LogP contribution in [0.15, 0.2) is 40.8 Å². The second-order valence-corrected chi connectivity index (χ2v) is 5.45. The van der Waals surface area contributed by atoms with Gasteiger partial charge in [-0.2, -0.15) is 0 Å². The van der Waals surface area contributed by atoms with Crippen LogP contribution in [0, 0.1) is 13.8 Å². The van der Waals surface area contributed by atoms with E-state index in [1.165, 1.54) is 5.56 Å². The molecule has 108 valence electrons. The van der Waals surface area contributed by atoms with Gasteiger partial charge < -0.3 is 14.3 Å². The standard InChI is InChI=1S/C17H18N2O2/c1-11-4-6-13-9-16(18-15(13)8-11)17(20)19(3)10-14-7-5-12(2)21-14/h4-9,18H,10H2,1-3H3. The zero-order valence-corrected chi connectivity index (χ0v) is 12.4. The van der Waals surface area contributed by atoms with Crippen molar-refractivity contribution < 1.29 is 9.21 Å². The molecule has 1 amide bonds. The van der Waals surface area contributed by atoms with Gasteiger partial charge in [0.1, 0.15) is 17.2 Å². The minimum atomic E-state index is -0.0436. The highest BCUT2D eigenvalue weighted by Crippen LogP contribution is 2.18. The molecule has 0 atom stereocenters. The van der Waals surface area contributed by atoms with Crippen LogP contribution in [0.2, 0.25) is 0 Å². The maximum Gasteiger partial charge on any atom is 0.270 e. The Morgan fingerprint density at radius 2 is 2.00 bits per heavy atom. The highest BCUT2D eigenvalue weighted by Gasteiger charge is 2.15. The van der Waals surface area contributed by atoms with E-state index < -0.39 is 0 Å². The number of carbonyl (C=O) groups excluding carboxylic acids is 1. The lowest BCUT2D eigenvalue weighted by molar-refractivity contribution is 0.0770. The second kappa shape index (κ2) is 5.13. The van der Waals surface area contributed by atoms with E-state index in [1.807, 2.05) is 50.2 Å². The molecule has 0 radical (unpaired) electrons. The van der Waals surface area contributed by atoms with Gasteiger partial charge in [-0.1, -0.05) is 12.1 Å². The predicted octanol–water partition coefficient (Wildman–Crippen LogP) is 3.65. The van der Waals surface area contributed by atoms with Crippen molar-refractivity contribution in [3.63, 3.8) is 0 Å². The molecule has 2 heterocycles. The summed E-state index contributed by atoms with van der Waals surface area (Å²) < 4.78 is 5.51. The van der Waals surface area contributed by atoms with E-state index in [-0.39, 0.29) is 5.91 Å². The molecule has 0 spiro atoms. The first kappa shape index (κ1) is 13.5. The lowest BCUT2D eigenvalue weighted by atomic mass is 10.2. The highest BCUT2D eigenvalue weighted by molar-refractivity contribution is 5.98. The first-order valence-electron chi connectivity index (χ1n) is 6.93. The molecule has 0 aliphatic rings. The van der Waals surface area contributed by atoms with Gasteiger partial charge >= 0.3 is 0 Å². The number of amides is 1. The van der Waals surface area contributed by atoms with Crippen molar-refractivity contribution in [2.45, 2.75) is 20.4 Å². The number of aromatic nitrogens is 1. The molecule has 0 saturated heterocycles. The Labute approximate surface area is 123 Å². The number of rotatable bonds is 3. The smallest absolute Gasteiger partial charge is 0.270 e. The average Bonchev–Trinajstić information content (AvgIpc) is 3.03. The molecule has 0 fully saturated rings. The lowest BCUT2D eigenvalue weighted by Crippen LogP contribution is -2.26. The van der Waals surface area contributed by atoms with Crippen LogP contribution in [-0.4, -0.2) is 22.8 Å². The number of aryl methyl sites for hydroxylation is 2. The van der Waals surface area contributed by atoms with E-state index >= 15 is 0 Å². The molecule has 1 N–H and O–H groups in total. The number of hydrogen-bond donors (Lipinski definition) is 1. The summed E-state index contributed by atoms with van der Waals surface area (Å²) in [6.45, 7) is 4.39. The van der Waals surface area contributed by atoms with E-state index in [4.69, 9.17) is 4.42 Å². The molecular weight excluding hydrogens is 264 g/mol. The summed E-state index contributed by atoms with van der Waals surface area (Å²) in [5.74, 6) is 1.60. The monoisotopic (exact) mass is 282 g/mol. The topological polar surface area (TPSA) is 49.2 Å². The number of nitrogens with zero attached hydrogens (tertiary/aromatic N) is 1. The Bertz CT molecular complexity index is 798. The summed E-state index contributed by atoms with van der Waals surface area (Å²) >= 11 is 0. The van der Waals surface area contributed by atoms with Gasteiger partial charge in [0.15, 0.2) is 0 Å². The summed E-state index contributed by atoms with van der Waals surface area (Å²) in [5.41, 5.74) is 2.75. The number of fused-ring (bicyclic) bond motifs is 1. The van der Waals surface area contributed by atoms with Gasteiger partial charge in [0.05, 0.1) is 6.54 Å². The van der Waals surface area contributed by atoms with Crippen molar-refractivity contribution in [3.8, 4) is 0 Å². The Morgan fingerprint density at radius 1 is 1.19 bits per heavy atom. The molecule has 3 rings (SSSR count). The summed E-state index contributed by atoms with van der Waals surface area (Å²) in [7, 11) is 1.77. The van der Waals surface area contributed by atoms with Crippen LogP contribution in [0.3, 0.4) is 0 Å². The van der Waals surface area contributed by atoms with Crippen LogP contribution in [0.1, 0.15) is 27.6 Å². The average molecular weight is 282 g/mol. The molecule has 21 heavy (non-hydrogen) atoms. The van der Waals surface area contributed by atoms with Crippen molar-refractivity contribution >= 4 is 16.8 Å². The van der Waals surface area contributed by atoms with Crippen molar-refractivity contribution in [2.75, 3.05) is 7.05 Å². The molecule has 2 aromatic heterocycles. The number of H-pyrrole nitrogens is 1. The minimum Gasteiger partial charge on any atom is -0.464 e. The fourth-order valence-corrected chi connectivity index (χ4v) is 2.44. The van der Waals surface area contributed by atoms with Gasteiger partial charge in [-0.05, 0) is 43.7 Å². The molecule has 0 saturated carbocycles. The van der Waals surface area contributed by atoms with Gasteiger partial charge in [0, 0.05) is 18.0 Å². The van der Waals surface area contributed by atoms with E-state index in [2.05, 4.69) is 4.98 Å². The Hall–Kier alpha value is -2.49. The maximum absolute atomic E-state index is 12.5. The van der Waals surface area contributed by atoms with Gasteiger partial charge in [-0.25, -0.2) is 0 Å². The summed E-state index contributed by atoms with van der Waals surface area (Å²) in [6, 6.07) is 11.8. The Kier molecular flexibility index (Phi) is 3.29. The van der Waals surface area contributed by atoms with Crippen LogP contribution in [-0.2, 0) is 6.54 Å². The van der Waals surface area contributed by atoms with Crippen LogP contribution >= 0.6 is 0 Å². The lowest BCUT2D eigenvalue weighted by Gasteiger charge is -2.14. The number of aromatic amines is 1. The quantitative estimate of drug-likeness (QED) is 0.797. The molecular formula is C17H18N2O2. The van der Waals surface area contributed by atoms with Crippen LogP contribution < -0.4 is 0 Å². The number of carbonyl (C=O) groups is 1. The number of furan rings is 1. The molecule has 3 aromatic rings. The van der Waals surface area contributed by atoms with Crippen LogP contribution in [0.4, 0.5) is 0 Å². The highest BCUT2D eigenvalue weighted by atomic mass is 16.3. The normalized spacial score (nSPS) is 11.0. The number of benzene rings is 1. The third kappa shape index (κ3) is 2.70. The molecule has 1 aromatic carbocycles. The van der Waals surface area contributed by atoms with Crippen molar-refractivity contribution in [1.82, 2.24) is 9.88 Å². The minimum absolute atomic E-state index is 0.0436.